The smallest absolute Gasteiger partial charge is 0.187 e. The van der Waals surface area contributed by atoms with Crippen LogP contribution in [0.25, 0.3) is 0 Å². The topological polar surface area (TPSA) is 176 Å². The first-order chi connectivity index (χ1) is 31.7. The maximum absolute atomic E-state index is 11.1. The number of aliphatic hydroxyl groups excluding tert-OH is 2. The molecule has 2 N–H and O–H groups in total. The van der Waals surface area contributed by atoms with Crippen molar-refractivity contribution in [2.45, 2.75) is 178 Å². The summed E-state index contributed by atoms with van der Waals surface area (Å²) < 4.78 is 84.5. The lowest BCUT2D eigenvalue weighted by Crippen LogP contribution is -2.61. The van der Waals surface area contributed by atoms with Crippen LogP contribution in [0.5, 0.6) is 0 Å². The van der Waals surface area contributed by atoms with Crippen LogP contribution in [0.1, 0.15) is 68.2 Å². The van der Waals surface area contributed by atoms with Crippen LogP contribution < -0.4 is 0 Å². The summed E-state index contributed by atoms with van der Waals surface area (Å²) >= 11 is 0. The van der Waals surface area contributed by atoms with Crippen LogP contribution in [0, 0.1) is 23.7 Å². The molecule has 16 heteroatoms. The van der Waals surface area contributed by atoms with Crippen molar-refractivity contribution in [1.29, 1.82) is 0 Å². The van der Waals surface area contributed by atoms with Gasteiger partial charge in [-0.1, -0.05) is 78.0 Å². The van der Waals surface area contributed by atoms with Crippen molar-refractivity contribution in [2.75, 3.05) is 70.1 Å². The SMILES string of the molecule is CC[C@H](OC)[C@@H](C)[C@H]1O[C@@H]1[C@@H](O)[C@@H](C)/C=C/C=C(\C)[C@H]1O[C@H](OCCO[C@H]2[C@H](OC)[C@@H](OC)[C@@H](OC)O[C@@H]2/C(C)=C/C=C/[C@H](C)[C@@H](O)[C@@H]2O[C@H]2[C@H](C)[C@H](CC)OC)[C@H](OC)[C@@H](OC)[C@@H]1OC. The molecular weight excluding hydrogens is 857 g/mol. The van der Waals surface area contributed by atoms with Crippen molar-refractivity contribution in [3.05, 3.63) is 47.6 Å². The van der Waals surface area contributed by atoms with Gasteiger partial charge in [0.25, 0.3) is 0 Å². The quantitative estimate of drug-likeness (QED) is 0.0567. The van der Waals surface area contributed by atoms with Crippen molar-refractivity contribution in [3.8, 4) is 0 Å². The van der Waals surface area contributed by atoms with Gasteiger partial charge in [0.2, 0.25) is 0 Å². The van der Waals surface area contributed by atoms with Gasteiger partial charge in [-0.25, -0.2) is 0 Å². The van der Waals surface area contributed by atoms with Crippen LogP contribution in [-0.2, 0) is 66.3 Å². The van der Waals surface area contributed by atoms with Gasteiger partial charge in [-0.2, -0.15) is 0 Å². The highest BCUT2D eigenvalue weighted by Gasteiger charge is 2.53. The van der Waals surface area contributed by atoms with Gasteiger partial charge in [0, 0.05) is 80.6 Å². The highest BCUT2D eigenvalue weighted by molar-refractivity contribution is 5.21. The molecule has 0 aromatic rings. The molecular formula is C50H86O16. The van der Waals surface area contributed by atoms with E-state index in [9.17, 15) is 10.2 Å². The van der Waals surface area contributed by atoms with E-state index in [-0.39, 0.29) is 73.5 Å². The van der Waals surface area contributed by atoms with Crippen LogP contribution >= 0.6 is 0 Å². The second-order valence-corrected chi connectivity index (χ2v) is 18.3. The summed E-state index contributed by atoms with van der Waals surface area (Å²) in [5.41, 5.74) is 1.73. The van der Waals surface area contributed by atoms with Crippen LogP contribution in [0.2, 0.25) is 0 Å². The molecule has 0 radical (unpaired) electrons. The van der Waals surface area contributed by atoms with E-state index in [1.54, 1.807) is 56.9 Å². The summed E-state index contributed by atoms with van der Waals surface area (Å²) in [5, 5.41) is 22.2. The summed E-state index contributed by atoms with van der Waals surface area (Å²) in [6.07, 6.45) is 5.65. The molecule has 0 bridgehead atoms. The summed E-state index contributed by atoms with van der Waals surface area (Å²) in [6, 6.07) is 0. The molecule has 0 aromatic carbocycles. The first-order valence-electron chi connectivity index (χ1n) is 23.8. The Labute approximate surface area is 395 Å². The molecule has 0 spiro atoms. The molecule has 0 aromatic heterocycles. The lowest BCUT2D eigenvalue weighted by atomic mass is 9.91. The van der Waals surface area contributed by atoms with Crippen molar-refractivity contribution in [3.63, 3.8) is 0 Å². The Morgan fingerprint density at radius 1 is 0.485 bits per heavy atom. The molecule has 22 atom stereocenters. The normalized spacial score (nSPS) is 36.8. The molecule has 0 saturated carbocycles. The zero-order chi connectivity index (χ0) is 48.8. The van der Waals surface area contributed by atoms with Gasteiger partial charge in [0.15, 0.2) is 12.6 Å². The third-order valence-corrected chi connectivity index (χ3v) is 14.2. The summed E-state index contributed by atoms with van der Waals surface area (Å²) in [5.74, 6) is 0.0393. The van der Waals surface area contributed by atoms with Crippen LogP contribution in [0.15, 0.2) is 47.6 Å². The molecule has 4 aliphatic rings. The van der Waals surface area contributed by atoms with Crippen LogP contribution in [-0.4, -0.2) is 191 Å². The number of epoxide rings is 2. The average Bonchev–Trinajstić information content (AvgIpc) is 4.27. The fourth-order valence-corrected chi connectivity index (χ4v) is 9.88. The molecule has 4 heterocycles. The maximum Gasteiger partial charge on any atom is 0.187 e. The first kappa shape index (κ1) is 56.9. The minimum atomic E-state index is -0.837. The maximum atomic E-state index is 11.1. The lowest BCUT2D eigenvalue weighted by Gasteiger charge is -2.46. The lowest BCUT2D eigenvalue weighted by molar-refractivity contribution is -0.311. The van der Waals surface area contributed by atoms with Crippen LogP contribution in [0.4, 0.5) is 0 Å². The van der Waals surface area contributed by atoms with Crippen molar-refractivity contribution in [2.24, 2.45) is 23.7 Å². The molecule has 4 fully saturated rings. The third-order valence-electron chi connectivity index (χ3n) is 14.2. The fourth-order valence-electron chi connectivity index (χ4n) is 9.88. The van der Waals surface area contributed by atoms with Gasteiger partial charge in [-0.3, -0.25) is 0 Å². The molecule has 16 nitrogen and oxygen atoms in total. The Balaban J connectivity index is 1.42. The van der Waals surface area contributed by atoms with Crippen molar-refractivity contribution >= 4 is 0 Å². The molecule has 382 valence electrons. The predicted octanol–water partition coefficient (Wildman–Crippen LogP) is 5.22. The highest BCUT2D eigenvalue weighted by atomic mass is 16.7. The Bertz CT molecular complexity index is 1520. The van der Waals surface area contributed by atoms with E-state index in [2.05, 4.69) is 27.7 Å². The summed E-state index contributed by atoms with van der Waals surface area (Å²) in [7, 11) is 13.0. The number of ether oxygens (including phenoxy) is 14. The molecule has 4 saturated heterocycles. The van der Waals surface area contributed by atoms with E-state index in [1.807, 2.05) is 64.2 Å². The average molecular weight is 943 g/mol. The van der Waals surface area contributed by atoms with E-state index in [4.69, 9.17) is 66.3 Å². The predicted molar refractivity (Wildman–Crippen MR) is 248 cm³/mol. The minimum Gasteiger partial charge on any atom is -0.390 e. The Morgan fingerprint density at radius 2 is 0.879 bits per heavy atom. The molecule has 66 heavy (non-hydrogen) atoms. The standard InChI is InChI=1S/C50H86O16/c1-17-33(53-9)31(7)39-41(63-39)35(51)27(3)21-19-23-29(5)37-43(55-11)44(56-12)48(59-15)50(66-37)62-26-25-61-46-38(65-49(60-16)47(58-14)45(46)57-13)30(6)24-20-22-28(4)36(52)42-40(64-42)32(8)34(18-2)54-10/h19-24,27-28,31-52H,17-18,25-26H2,1-16H3/b21-19+,22-20+,29-23+,30-24+/t27-,28-,31+,32+,33-,34-,35-,36+,37+,38+,39+,40-,41+,42-,43+,44-,45-,46+,47+,48+,49-,50-/m0/s1. The zero-order valence-electron chi connectivity index (χ0n) is 42.6. The van der Waals surface area contributed by atoms with E-state index >= 15 is 0 Å². The number of hydrogen-bond acceptors (Lipinski definition) is 16. The Hall–Kier alpha value is -1.68. The van der Waals surface area contributed by atoms with Gasteiger partial charge in [-0.05, 0) is 37.8 Å². The summed E-state index contributed by atoms with van der Waals surface area (Å²) in [4.78, 5) is 0. The monoisotopic (exact) mass is 943 g/mol. The highest BCUT2D eigenvalue weighted by Crippen LogP contribution is 2.39. The molecule has 4 aliphatic heterocycles. The Kier molecular flexibility index (Phi) is 23.8. The number of hydrogen-bond donors (Lipinski definition) is 2. The largest absolute Gasteiger partial charge is 0.390 e. The van der Waals surface area contributed by atoms with Gasteiger partial charge >= 0.3 is 0 Å². The second-order valence-electron chi connectivity index (χ2n) is 18.3. The van der Waals surface area contributed by atoms with E-state index in [0.717, 1.165) is 24.0 Å². The number of aliphatic hydroxyl groups is 2. The van der Waals surface area contributed by atoms with Gasteiger partial charge in [0.05, 0.1) is 49.8 Å². The number of rotatable bonds is 29. The minimum absolute atomic E-state index is 0.0341. The molecule has 0 aliphatic carbocycles. The zero-order valence-corrected chi connectivity index (χ0v) is 42.6. The molecule has 0 unspecified atom stereocenters. The van der Waals surface area contributed by atoms with Gasteiger partial charge < -0.3 is 76.5 Å². The van der Waals surface area contributed by atoms with E-state index in [0.29, 0.717) is 0 Å². The Morgan fingerprint density at radius 3 is 1.29 bits per heavy atom. The van der Waals surface area contributed by atoms with Crippen molar-refractivity contribution < 1.29 is 76.5 Å². The van der Waals surface area contributed by atoms with Gasteiger partial charge in [-0.15, -0.1) is 0 Å². The third kappa shape index (κ3) is 14.0. The second kappa shape index (κ2) is 27.6. The molecule has 4 rings (SSSR count). The molecule has 0 amide bonds. The van der Waals surface area contributed by atoms with Crippen molar-refractivity contribution in [1.82, 2.24) is 0 Å². The van der Waals surface area contributed by atoms with E-state index < -0.39 is 73.6 Å². The summed E-state index contributed by atoms with van der Waals surface area (Å²) in [6.45, 7) is 16.5. The van der Waals surface area contributed by atoms with Crippen LogP contribution in [0.3, 0.4) is 0 Å². The fraction of sp³-hybridized carbons (Fsp3) is 0.840. The first-order valence-corrected chi connectivity index (χ1v) is 23.8. The number of methoxy groups -OCH3 is 8. The van der Waals surface area contributed by atoms with Gasteiger partial charge in [0.1, 0.15) is 61.0 Å². The van der Waals surface area contributed by atoms with E-state index in [1.165, 1.54) is 0 Å². The number of allylic oxidation sites excluding steroid dienone is 4.